The minimum absolute atomic E-state index is 0.119. The maximum Gasteiger partial charge on any atom is 0.0538 e. The molecule has 1 aromatic rings. The molecular weight excluding hydrogens is 244 g/mol. The average Bonchev–Trinajstić information content (AvgIpc) is 2.63. The lowest BCUT2D eigenvalue weighted by molar-refractivity contribution is 0.168. The third-order valence-electron chi connectivity index (χ3n) is 3.41. The first-order valence-electron chi connectivity index (χ1n) is 6.51. The number of rotatable bonds is 3. The molecule has 0 bridgehead atoms. The molecule has 0 saturated carbocycles. The zero-order chi connectivity index (χ0) is 13.3. The Morgan fingerprint density at radius 3 is 2.72 bits per heavy atom. The number of hydrogen-bond donors (Lipinski definition) is 1. The van der Waals surface area contributed by atoms with E-state index in [4.69, 9.17) is 5.73 Å². The molecule has 1 aliphatic heterocycles. The van der Waals surface area contributed by atoms with E-state index in [9.17, 15) is 0 Å². The van der Waals surface area contributed by atoms with Crippen LogP contribution in [0.5, 0.6) is 0 Å². The highest BCUT2D eigenvalue weighted by Gasteiger charge is 2.33. The van der Waals surface area contributed by atoms with Crippen LogP contribution in [0.25, 0.3) is 0 Å². The number of nitrogens with zero attached hydrogens (tertiary/aromatic N) is 3. The Morgan fingerprint density at radius 1 is 1.50 bits per heavy atom. The summed E-state index contributed by atoms with van der Waals surface area (Å²) in [4.78, 5) is 2.51. The lowest BCUT2D eigenvalue weighted by Gasteiger charge is -2.43. The summed E-state index contributed by atoms with van der Waals surface area (Å²) in [5.41, 5.74) is 7.44. The summed E-state index contributed by atoms with van der Waals surface area (Å²) in [6.45, 7) is 8.90. The molecule has 1 aromatic heterocycles. The second-order valence-corrected chi connectivity index (χ2v) is 7.63. The molecule has 0 spiro atoms. The predicted octanol–water partition coefficient (Wildman–Crippen LogP) is 1.64. The van der Waals surface area contributed by atoms with Crippen molar-refractivity contribution in [2.75, 3.05) is 18.8 Å². The average molecular weight is 268 g/mol. The van der Waals surface area contributed by atoms with E-state index >= 15 is 0 Å². The number of aromatic nitrogens is 2. The van der Waals surface area contributed by atoms with Gasteiger partial charge in [0.05, 0.1) is 12.2 Å². The van der Waals surface area contributed by atoms with E-state index in [1.807, 2.05) is 17.9 Å². The maximum atomic E-state index is 6.21. The third kappa shape index (κ3) is 3.08. The van der Waals surface area contributed by atoms with Crippen molar-refractivity contribution in [3.8, 4) is 0 Å². The third-order valence-corrected chi connectivity index (χ3v) is 4.71. The molecule has 2 N–H and O–H groups in total. The minimum Gasteiger partial charge on any atom is -0.326 e. The van der Waals surface area contributed by atoms with Crippen LogP contribution in [-0.2, 0) is 7.05 Å². The van der Waals surface area contributed by atoms with Crippen LogP contribution in [0.1, 0.15) is 32.4 Å². The van der Waals surface area contributed by atoms with Gasteiger partial charge in [-0.25, -0.2) is 0 Å². The second kappa shape index (κ2) is 5.23. The molecule has 0 radical (unpaired) electrons. The predicted molar refractivity (Wildman–Crippen MR) is 77.7 cm³/mol. The van der Waals surface area contributed by atoms with Gasteiger partial charge in [0, 0.05) is 48.4 Å². The van der Waals surface area contributed by atoms with Gasteiger partial charge >= 0.3 is 0 Å². The van der Waals surface area contributed by atoms with Crippen molar-refractivity contribution in [2.45, 2.75) is 37.6 Å². The molecule has 2 atom stereocenters. The number of hydrogen-bond acceptors (Lipinski definition) is 4. The molecular formula is C13H24N4S. The van der Waals surface area contributed by atoms with E-state index in [0.29, 0.717) is 4.75 Å². The fourth-order valence-corrected chi connectivity index (χ4v) is 3.87. The monoisotopic (exact) mass is 268 g/mol. The SMILES string of the molecule is CC(N)C(c1cnn(C)c1)N1CCSC(C)(C)C1. The molecule has 2 rings (SSSR count). The van der Waals surface area contributed by atoms with Gasteiger partial charge in [0.2, 0.25) is 0 Å². The second-order valence-electron chi connectivity index (χ2n) is 5.83. The fourth-order valence-electron chi connectivity index (χ4n) is 2.73. The molecule has 102 valence electrons. The van der Waals surface area contributed by atoms with Crippen molar-refractivity contribution >= 4 is 11.8 Å². The summed E-state index contributed by atoms with van der Waals surface area (Å²) in [6.07, 6.45) is 4.03. The Labute approximate surface area is 114 Å². The van der Waals surface area contributed by atoms with Crippen LogP contribution in [-0.4, -0.2) is 44.3 Å². The lowest BCUT2D eigenvalue weighted by Crippen LogP contribution is -2.49. The molecule has 2 heterocycles. The highest BCUT2D eigenvalue weighted by atomic mass is 32.2. The molecule has 2 unspecified atom stereocenters. The molecule has 1 aliphatic rings. The molecule has 4 nitrogen and oxygen atoms in total. The largest absolute Gasteiger partial charge is 0.326 e. The zero-order valence-electron chi connectivity index (χ0n) is 11.8. The molecule has 0 aliphatic carbocycles. The van der Waals surface area contributed by atoms with Crippen molar-refractivity contribution < 1.29 is 0 Å². The maximum absolute atomic E-state index is 6.21. The molecule has 1 fully saturated rings. The van der Waals surface area contributed by atoms with Crippen LogP contribution in [0, 0.1) is 0 Å². The van der Waals surface area contributed by atoms with Crippen LogP contribution in [0.15, 0.2) is 12.4 Å². The summed E-state index contributed by atoms with van der Waals surface area (Å²) in [5, 5.41) is 4.28. The standard InChI is InChI=1S/C13H24N4S/c1-10(14)12(11-7-15-16(4)8-11)17-5-6-18-13(2,3)9-17/h7-8,10,12H,5-6,9,14H2,1-4H3. The molecule has 5 heteroatoms. The summed E-state index contributed by atoms with van der Waals surface area (Å²) >= 11 is 2.05. The van der Waals surface area contributed by atoms with Crippen LogP contribution in [0.2, 0.25) is 0 Å². The number of aryl methyl sites for hydroxylation is 1. The molecule has 1 saturated heterocycles. The summed E-state index contributed by atoms with van der Waals surface area (Å²) in [5.74, 6) is 1.18. The van der Waals surface area contributed by atoms with Crippen molar-refractivity contribution in [3.05, 3.63) is 18.0 Å². The van der Waals surface area contributed by atoms with Gasteiger partial charge in [-0.2, -0.15) is 16.9 Å². The number of thioether (sulfide) groups is 1. The zero-order valence-corrected chi connectivity index (χ0v) is 12.6. The number of nitrogens with two attached hydrogens (primary N) is 1. The Balaban J connectivity index is 2.20. The van der Waals surface area contributed by atoms with Crippen LogP contribution in [0.3, 0.4) is 0 Å². The lowest BCUT2D eigenvalue weighted by atomic mass is 10.0. The van der Waals surface area contributed by atoms with E-state index in [2.05, 4.69) is 48.7 Å². The van der Waals surface area contributed by atoms with Crippen LogP contribution in [0.4, 0.5) is 0 Å². The quantitative estimate of drug-likeness (QED) is 0.905. The smallest absolute Gasteiger partial charge is 0.0538 e. The fraction of sp³-hybridized carbons (Fsp3) is 0.769. The van der Waals surface area contributed by atoms with Gasteiger partial charge in [-0.05, 0) is 20.8 Å². The Morgan fingerprint density at radius 2 is 2.22 bits per heavy atom. The van der Waals surface area contributed by atoms with Gasteiger partial charge in [-0.1, -0.05) is 0 Å². The van der Waals surface area contributed by atoms with Crippen LogP contribution < -0.4 is 5.73 Å². The first kappa shape index (κ1) is 13.9. The summed E-state index contributed by atoms with van der Waals surface area (Å²) in [7, 11) is 1.96. The van der Waals surface area contributed by atoms with Gasteiger partial charge in [0.15, 0.2) is 0 Å². The van der Waals surface area contributed by atoms with Crippen LogP contribution >= 0.6 is 11.8 Å². The summed E-state index contributed by atoms with van der Waals surface area (Å²) in [6, 6.07) is 0.395. The highest BCUT2D eigenvalue weighted by molar-refractivity contribution is 8.00. The van der Waals surface area contributed by atoms with Crippen molar-refractivity contribution in [1.29, 1.82) is 0 Å². The van der Waals surface area contributed by atoms with Crippen molar-refractivity contribution in [1.82, 2.24) is 14.7 Å². The normalized spacial score (nSPS) is 23.8. The first-order chi connectivity index (χ1) is 8.39. The van der Waals surface area contributed by atoms with E-state index in [0.717, 1.165) is 13.1 Å². The van der Waals surface area contributed by atoms with E-state index < -0.39 is 0 Å². The first-order valence-corrected chi connectivity index (χ1v) is 7.50. The van der Waals surface area contributed by atoms with Crippen molar-refractivity contribution in [3.63, 3.8) is 0 Å². The summed E-state index contributed by atoms with van der Waals surface area (Å²) < 4.78 is 2.17. The van der Waals surface area contributed by atoms with E-state index in [1.165, 1.54) is 11.3 Å². The topological polar surface area (TPSA) is 47.1 Å². The van der Waals surface area contributed by atoms with Gasteiger partial charge in [0.25, 0.3) is 0 Å². The van der Waals surface area contributed by atoms with Gasteiger partial charge in [-0.3, -0.25) is 9.58 Å². The van der Waals surface area contributed by atoms with E-state index in [-0.39, 0.29) is 12.1 Å². The Kier molecular flexibility index (Phi) is 4.04. The molecule has 18 heavy (non-hydrogen) atoms. The van der Waals surface area contributed by atoms with Gasteiger partial charge in [-0.15, -0.1) is 0 Å². The minimum atomic E-state index is 0.119. The van der Waals surface area contributed by atoms with Gasteiger partial charge in [0.1, 0.15) is 0 Å². The molecule has 0 aromatic carbocycles. The Hall–Kier alpha value is -0.520. The molecule has 0 amide bonds. The van der Waals surface area contributed by atoms with Gasteiger partial charge < -0.3 is 5.73 Å². The Bertz CT molecular complexity index is 399. The van der Waals surface area contributed by atoms with E-state index in [1.54, 1.807) is 0 Å². The van der Waals surface area contributed by atoms with Crippen molar-refractivity contribution in [2.24, 2.45) is 12.8 Å². The highest BCUT2D eigenvalue weighted by Crippen LogP contribution is 2.34.